The zero-order valence-electron chi connectivity index (χ0n) is 13.0. The number of aryl methyl sites for hydroxylation is 1. The van der Waals surface area contributed by atoms with Crippen LogP contribution in [0, 0.1) is 24.1 Å². The van der Waals surface area contributed by atoms with Crippen LogP contribution in [0.3, 0.4) is 0 Å². The van der Waals surface area contributed by atoms with E-state index in [4.69, 9.17) is 21.6 Å². The van der Waals surface area contributed by atoms with Gasteiger partial charge in [-0.15, -0.1) is 11.3 Å². The van der Waals surface area contributed by atoms with E-state index in [1.54, 1.807) is 12.3 Å². The third-order valence-electron chi connectivity index (χ3n) is 3.08. The highest BCUT2D eigenvalue weighted by atomic mass is 35.5. The highest BCUT2D eigenvalue weighted by molar-refractivity contribution is 7.09. The number of esters is 1. The van der Waals surface area contributed by atoms with Gasteiger partial charge in [-0.2, -0.15) is 5.26 Å². The predicted molar refractivity (Wildman–Crippen MR) is 91.6 cm³/mol. The molecule has 1 aromatic heterocycles. The molecule has 0 N–H and O–H groups in total. The lowest BCUT2D eigenvalue weighted by molar-refractivity contribution is -0.143. The molecule has 0 saturated heterocycles. The number of benzene rings is 1. The molecule has 2 rings (SSSR count). The van der Waals surface area contributed by atoms with Crippen molar-refractivity contribution in [1.29, 1.82) is 5.26 Å². The summed E-state index contributed by atoms with van der Waals surface area (Å²) in [6.07, 6.45) is 2.13. The Morgan fingerprint density at radius 3 is 2.88 bits per heavy atom. The smallest absolute Gasteiger partial charge is 0.331 e. The number of carbonyl (C=O) groups is 2. The highest BCUT2D eigenvalue weighted by Gasteiger charge is 2.24. The lowest BCUT2D eigenvalue weighted by Crippen LogP contribution is -2.19. The van der Waals surface area contributed by atoms with Gasteiger partial charge in [-0.05, 0) is 25.1 Å². The molecule has 25 heavy (non-hydrogen) atoms. The SMILES string of the molecule is Cc1csc([C@@H](C#N)C(=O)COC(=O)/C=C/c2c(F)cccc2Cl)n1. The Kier molecular flexibility index (Phi) is 6.39. The van der Waals surface area contributed by atoms with Crippen LogP contribution in [0.1, 0.15) is 22.2 Å². The minimum Gasteiger partial charge on any atom is -0.454 e. The van der Waals surface area contributed by atoms with Crippen molar-refractivity contribution in [2.24, 2.45) is 0 Å². The number of ketones is 1. The van der Waals surface area contributed by atoms with Crippen molar-refractivity contribution >= 4 is 40.8 Å². The van der Waals surface area contributed by atoms with Gasteiger partial charge in [0, 0.05) is 22.7 Å². The molecular weight excluding hydrogens is 367 g/mol. The first kappa shape index (κ1) is 18.8. The van der Waals surface area contributed by atoms with Crippen molar-refractivity contribution in [3.8, 4) is 6.07 Å². The molecule has 1 aromatic carbocycles. The summed E-state index contributed by atoms with van der Waals surface area (Å²) in [7, 11) is 0. The van der Waals surface area contributed by atoms with E-state index in [-0.39, 0.29) is 10.6 Å². The van der Waals surface area contributed by atoms with Crippen molar-refractivity contribution < 1.29 is 18.7 Å². The van der Waals surface area contributed by atoms with Gasteiger partial charge in [-0.1, -0.05) is 17.7 Å². The maximum Gasteiger partial charge on any atom is 0.331 e. The first-order valence-electron chi connectivity index (χ1n) is 7.05. The second-order valence-electron chi connectivity index (χ2n) is 4.93. The molecule has 8 heteroatoms. The monoisotopic (exact) mass is 378 g/mol. The third kappa shape index (κ3) is 4.95. The number of halogens is 2. The summed E-state index contributed by atoms with van der Waals surface area (Å²) in [6.45, 7) is 1.17. The van der Waals surface area contributed by atoms with E-state index in [9.17, 15) is 14.0 Å². The number of aromatic nitrogens is 1. The van der Waals surface area contributed by atoms with Gasteiger partial charge in [0.25, 0.3) is 0 Å². The summed E-state index contributed by atoms with van der Waals surface area (Å²) in [4.78, 5) is 27.8. The van der Waals surface area contributed by atoms with Crippen LogP contribution in [-0.2, 0) is 14.3 Å². The second-order valence-corrected chi connectivity index (χ2v) is 6.23. The molecule has 0 bridgehead atoms. The molecule has 0 aliphatic rings. The maximum absolute atomic E-state index is 13.6. The zero-order valence-corrected chi connectivity index (χ0v) is 14.6. The maximum atomic E-state index is 13.6. The first-order chi connectivity index (χ1) is 11.9. The Bertz CT molecular complexity index is 853. The summed E-state index contributed by atoms with van der Waals surface area (Å²) in [5.74, 6) is -3.10. The summed E-state index contributed by atoms with van der Waals surface area (Å²) < 4.78 is 18.4. The van der Waals surface area contributed by atoms with Crippen LogP contribution in [0.5, 0.6) is 0 Å². The summed E-state index contributed by atoms with van der Waals surface area (Å²) in [5.41, 5.74) is 0.746. The van der Waals surface area contributed by atoms with Gasteiger partial charge < -0.3 is 4.74 Å². The molecule has 0 spiro atoms. The van der Waals surface area contributed by atoms with Crippen molar-refractivity contribution in [3.05, 3.63) is 56.8 Å². The van der Waals surface area contributed by atoms with E-state index in [0.29, 0.717) is 10.7 Å². The van der Waals surface area contributed by atoms with Crippen LogP contribution < -0.4 is 0 Å². The van der Waals surface area contributed by atoms with Crippen LogP contribution in [0.4, 0.5) is 4.39 Å². The standard InChI is InChI=1S/C17H12ClFN2O3S/c1-10-9-25-17(21-10)12(7-20)15(22)8-24-16(23)6-5-11-13(18)3-2-4-14(11)19/h2-6,9,12H,8H2,1H3/b6-5+/t12-/m0/s1. The molecule has 2 aromatic rings. The lowest BCUT2D eigenvalue weighted by atomic mass is 10.1. The van der Waals surface area contributed by atoms with E-state index >= 15 is 0 Å². The molecular formula is C17H12ClFN2O3S. The summed E-state index contributed by atoms with van der Waals surface area (Å²) >= 11 is 7.02. The van der Waals surface area contributed by atoms with Crippen LogP contribution in [0.2, 0.25) is 5.02 Å². The van der Waals surface area contributed by atoms with E-state index in [0.717, 1.165) is 12.2 Å². The first-order valence-corrected chi connectivity index (χ1v) is 8.31. The van der Waals surface area contributed by atoms with Gasteiger partial charge in [-0.3, -0.25) is 4.79 Å². The van der Waals surface area contributed by atoms with Crippen molar-refractivity contribution in [2.45, 2.75) is 12.8 Å². The van der Waals surface area contributed by atoms with Crippen LogP contribution in [-0.4, -0.2) is 23.3 Å². The number of nitrogens with zero attached hydrogens (tertiary/aromatic N) is 2. The van der Waals surface area contributed by atoms with Gasteiger partial charge in [0.15, 0.2) is 18.3 Å². The molecule has 0 aliphatic heterocycles. The fourth-order valence-electron chi connectivity index (χ4n) is 1.86. The molecule has 5 nitrogen and oxygen atoms in total. The second kappa shape index (κ2) is 8.51. The Labute approximate surface area is 152 Å². The molecule has 0 fully saturated rings. The van der Waals surface area contributed by atoms with Gasteiger partial charge in [0.1, 0.15) is 10.8 Å². The fraction of sp³-hybridized carbons (Fsp3) is 0.176. The molecule has 1 atom stereocenters. The Morgan fingerprint density at radius 2 is 2.28 bits per heavy atom. The van der Waals surface area contributed by atoms with E-state index in [1.165, 1.54) is 29.5 Å². The van der Waals surface area contributed by atoms with Gasteiger partial charge in [0.05, 0.1) is 11.1 Å². The minimum absolute atomic E-state index is 0.0422. The van der Waals surface area contributed by atoms with Crippen molar-refractivity contribution in [2.75, 3.05) is 6.61 Å². The van der Waals surface area contributed by atoms with Crippen molar-refractivity contribution in [3.63, 3.8) is 0 Å². The largest absolute Gasteiger partial charge is 0.454 e. The molecule has 0 radical (unpaired) electrons. The van der Waals surface area contributed by atoms with Crippen LogP contribution in [0.25, 0.3) is 6.08 Å². The molecule has 0 unspecified atom stereocenters. The zero-order chi connectivity index (χ0) is 18.4. The van der Waals surface area contributed by atoms with E-state index in [2.05, 4.69) is 4.98 Å². The third-order valence-corrected chi connectivity index (χ3v) is 4.43. The molecule has 1 heterocycles. The van der Waals surface area contributed by atoms with Crippen molar-refractivity contribution in [1.82, 2.24) is 4.98 Å². The van der Waals surface area contributed by atoms with Gasteiger partial charge in [-0.25, -0.2) is 14.2 Å². The Hall–Kier alpha value is -2.56. The number of nitriles is 1. The van der Waals surface area contributed by atoms with Crippen LogP contribution in [0.15, 0.2) is 29.7 Å². The van der Waals surface area contributed by atoms with Crippen LogP contribution >= 0.6 is 22.9 Å². The Morgan fingerprint density at radius 1 is 1.52 bits per heavy atom. The number of thiazole rings is 1. The molecule has 0 amide bonds. The number of Topliss-reactive ketones (excluding diaryl/α,β-unsaturated/α-hetero) is 1. The number of hydrogen-bond donors (Lipinski definition) is 0. The van der Waals surface area contributed by atoms with Gasteiger partial charge >= 0.3 is 5.97 Å². The quantitative estimate of drug-likeness (QED) is 0.566. The lowest BCUT2D eigenvalue weighted by Gasteiger charge is -2.05. The average Bonchev–Trinajstić information content (AvgIpc) is 2.99. The highest BCUT2D eigenvalue weighted by Crippen LogP contribution is 2.21. The van der Waals surface area contributed by atoms with E-state index in [1.807, 2.05) is 6.07 Å². The molecule has 0 aliphatic carbocycles. The Balaban J connectivity index is 1.96. The predicted octanol–water partition coefficient (Wildman–Crippen LogP) is 3.68. The molecule has 0 saturated carbocycles. The average molecular weight is 379 g/mol. The normalized spacial score (nSPS) is 11.9. The van der Waals surface area contributed by atoms with Gasteiger partial charge in [0.2, 0.25) is 0 Å². The topological polar surface area (TPSA) is 80.0 Å². The number of ether oxygens (including phenoxy) is 1. The number of rotatable bonds is 6. The van der Waals surface area contributed by atoms with E-state index < -0.39 is 30.1 Å². The number of hydrogen-bond acceptors (Lipinski definition) is 6. The summed E-state index contributed by atoms with van der Waals surface area (Å²) in [5, 5.41) is 11.3. The molecule has 128 valence electrons. The fourth-order valence-corrected chi connectivity index (χ4v) is 2.95. The number of carbonyl (C=O) groups excluding carboxylic acids is 2. The summed E-state index contributed by atoms with van der Waals surface area (Å²) in [6, 6.07) is 5.97. The minimum atomic E-state index is -1.09.